The van der Waals surface area contributed by atoms with Crippen LogP contribution >= 0.6 is 0 Å². The van der Waals surface area contributed by atoms with E-state index in [0.29, 0.717) is 6.61 Å². The lowest BCUT2D eigenvalue weighted by Crippen LogP contribution is -2.11. The molecule has 1 atom stereocenters. The zero-order valence-electron chi connectivity index (χ0n) is 10.8. The van der Waals surface area contributed by atoms with E-state index in [1.807, 2.05) is 42.1 Å². The van der Waals surface area contributed by atoms with Crippen molar-refractivity contribution in [1.29, 1.82) is 0 Å². The summed E-state index contributed by atoms with van der Waals surface area (Å²) in [6.07, 6.45) is 4.47. The molecule has 0 radical (unpaired) electrons. The summed E-state index contributed by atoms with van der Waals surface area (Å²) >= 11 is 0. The van der Waals surface area contributed by atoms with Crippen LogP contribution in [0.4, 0.5) is 0 Å². The highest BCUT2D eigenvalue weighted by atomic mass is 16.5. The monoisotopic (exact) mass is 245 g/mol. The van der Waals surface area contributed by atoms with Gasteiger partial charge in [-0.25, -0.2) is 4.98 Å². The van der Waals surface area contributed by atoms with Crippen LogP contribution in [0.1, 0.15) is 30.6 Å². The molecular weight excluding hydrogens is 226 g/mol. The molecule has 0 amide bonds. The van der Waals surface area contributed by atoms with Crippen molar-refractivity contribution < 1.29 is 4.74 Å². The molecule has 0 fully saturated rings. The fourth-order valence-electron chi connectivity index (χ4n) is 1.81. The Hall–Kier alpha value is -1.81. The lowest BCUT2D eigenvalue weighted by molar-refractivity contribution is 0.292. The van der Waals surface area contributed by atoms with E-state index in [4.69, 9.17) is 10.5 Å². The molecular formula is C14H19N3O. The van der Waals surface area contributed by atoms with Crippen LogP contribution in [-0.2, 0) is 13.7 Å². The van der Waals surface area contributed by atoms with Gasteiger partial charge in [0.15, 0.2) is 0 Å². The molecule has 96 valence electrons. The SMILES string of the molecule is CCC(N)c1ccccc1OCc1cncn1C. The van der Waals surface area contributed by atoms with Crippen LogP contribution in [0.15, 0.2) is 36.8 Å². The number of imidazole rings is 1. The minimum absolute atomic E-state index is 0.0211. The van der Waals surface area contributed by atoms with Gasteiger partial charge in [-0.1, -0.05) is 25.1 Å². The van der Waals surface area contributed by atoms with Gasteiger partial charge in [-0.05, 0) is 12.5 Å². The second-order valence-corrected chi connectivity index (χ2v) is 4.34. The van der Waals surface area contributed by atoms with Crippen molar-refractivity contribution in [1.82, 2.24) is 9.55 Å². The van der Waals surface area contributed by atoms with Gasteiger partial charge in [-0.15, -0.1) is 0 Å². The normalized spacial score (nSPS) is 12.4. The predicted molar refractivity (Wildman–Crippen MR) is 71.2 cm³/mol. The zero-order valence-corrected chi connectivity index (χ0v) is 10.8. The van der Waals surface area contributed by atoms with Crippen molar-refractivity contribution in [2.24, 2.45) is 12.8 Å². The summed E-state index contributed by atoms with van der Waals surface area (Å²) in [5, 5.41) is 0. The van der Waals surface area contributed by atoms with Gasteiger partial charge in [0.05, 0.1) is 18.2 Å². The molecule has 1 aromatic carbocycles. The number of aryl methyl sites for hydroxylation is 1. The fraction of sp³-hybridized carbons (Fsp3) is 0.357. The molecule has 4 nitrogen and oxygen atoms in total. The number of hydrogen-bond donors (Lipinski definition) is 1. The van der Waals surface area contributed by atoms with Crippen molar-refractivity contribution in [3.05, 3.63) is 48.0 Å². The average molecular weight is 245 g/mol. The number of ether oxygens (including phenoxy) is 1. The van der Waals surface area contributed by atoms with Crippen LogP contribution in [-0.4, -0.2) is 9.55 Å². The molecule has 18 heavy (non-hydrogen) atoms. The summed E-state index contributed by atoms with van der Waals surface area (Å²) < 4.78 is 7.79. The molecule has 4 heteroatoms. The van der Waals surface area contributed by atoms with Crippen LogP contribution in [0.3, 0.4) is 0 Å². The Morgan fingerprint density at radius 3 is 2.83 bits per heavy atom. The molecule has 0 saturated carbocycles. The van der Waals surface area contributed by atoms with E-state index in [2.05, 4.69) is 11.9 Å². The molecule has 0 aliphatic carbocycles. The highest BCUT2D eigenvalue weighted by Gasteiger charge is 2.10. The summed E-state index contributed by atoms with van der Waals surface area (Å²) in [5.41, 5.74) is 8.17. The van der Waals surface area contributed by atoms with Gasteiger partial charge in [0.2, 0.25) is 0 Å². The second-order valence-electron chi connectivity index (χ2n) is 4.34. The molecule has 1 unspecified atom stereocenters. The first kappa shape index (κ1) is 12.6. The van der Waals surface area contributed by atoms with E-state index < -0.39 is 0 Å². The van der Waals surface area contributed by atoms with Crippen molar-refractivity contribution in [3.8, 4) is 5.75 Å². The van der Waals surface area contributed by atoms with Crippen LogP contribution < -0.4 is 10.5 Å². The number of aromatic nitrogens is 2. The number of hydrogen-bond acceptors (Lipinski definition) is 3. The Bertz CT molecular complexity index is 507. The Labute approximate surface area is 107 Å². The van der Waals surface area contributed by atoms with E-state index in [1.54, 1.807) is 6.33 Å². The molecule has 2 rings (SSSR count). The van der Waals surface area contributed by atoms with Crippen LogP contribution in [0.2, 0.25) is 0 Å². The minimum Gasteiger partial charge on any atom is -0.487 e. The van der Waals surface area contributed by atoms with E-state index in [1.165, 1.54) is 0 Å². The first-order chi connectivity index (χ1) is 8.72. The standard InChI is InChI=1S/C14H19N3O/c1-3-13(15)12-6-4-5-7-14(12)18-9-11-8-16-10-17(11)2/h4-8,10,13H,3,9,15H2,1-2H3. The second kappa shape index (κ2) is 5.69. The number of benzene rings is 1. The van der Waals surface area contributed by atoms with E-state index in [-0.39, 0.29) is 6.04 Å². The molecule has 0 aliphatic rings. The van der Waals surface area contributed by atoms with Crippen LogP contribution in [0, 0.1) is 0 Å². The number of rotatable bonds is 5. The minimum atomic E-state index is 0.0211. The van der Waals surface area contributed by atoms with Gasteiger partial charge in [0.25, 0.3) is 0 Å². The van der Waals surface area contributed by atoms with Crippen LogP contribution in [0.5, 0.6) is 5.75 Å². The average Bonchev–Trinajstić information content (AvgIpc) is 2.81. The first-order valence-corrected chi connectivity index (χ1v) is 6.15. The van der Waals surface area contributed by atoms with Gasteiger partial charge in [0, 0.05) is 18.7 Å². The number of para-hydroxylation sites is 1. The molecule has 0 aliphatic heterocycles. The summed E-state index contributed by atoms with van der Waals surface area (Å²) in [6.45, 7) is 2.58. The Kier molecular flexibility index (Phi) is 3.99. The quantitative estimate of drug-likeness (QED) is 0.880. The molecule has 1 aromatic heterocycles. The van der Waals surface area contributed by atoms with E-state index in [9.17, 15) is 0 Å². The Morgan fingerprint density at radius 2 is 2.17 bits per heavy atom. The highest BCUT2D eigenvalue weighted by Crippen LogP contribution is 2.25. The number of nitrogens with two attached hydrogens (primary N) is 1. The van der Waals surface area contributed by atoms with Crippen LogP contribution in [0.25, 0.3) is 0 Å². The third-order valence-corrected chi connectivity index (χ3v) is 3.05. The van der Waals surface area contributed by atoms with Gasteiger partial charge in [0.1, 0.15) is 12.4 Å². The lowest BCUT2D eigenvalue weighted by Gasteiger charge is -2.15. The smallest absolute Gasteiger partial charge is 0.130 e. The third-order valence-electron chi connectivity index (χ3n) is 3.05. The van der Waals surface area contributed by atoms with E-state index >= 15 is 0 Å². The van der Waals surface area contributed by atoms with Crippen molar-refractivity contribution >= 4 is 0 Å². The van der Waals surface area contributed by atoms with Crippen molar-refractivity contribution in [2.75, 3.05) is 0 Å². The molecule has 1 heterocycles. The summed E-state index contributed by atoms with van der Waals surface area (Å²) in [7, 11) is 1.95. The number of nitrogens with zero attached hydrogens (tertiary/aromatic N) is 2. The predicted octanol–water partition coefficient (Wildman–Crippen LogP) is 2.41. The molecule has 2 N–H and O–H groups in total. The summed E-state index contributed by atoms with van der Waals surface area (Å²) in [5.74, 6) is 0.855. The van der Waals surface area contributed by atoms with Crippen molar-refractivity contribution in [3.63, 3.8) is 0 Å². The van der Waals surface area contributed by atoms with Gasteiger partial charge in [-0.2, -0.15) is 0 Å². The Morgan fingerprint density at radius 1 is 1.39 bits per heavy atom. The van der Waals surface area contributed by atoms with Gasteiger partial charge < -0.3 is 15.0 Å². The van der Waals surface area contributed by atoms with Crippen molar-refractivity contribution in [2.45, 2.75) is 26.0 Å². The summed E-state index contributed by atoms with van der Waals surface area (Å²) in [6, 6.07) is 7.95. The third kappa shape index (κ3) is 2.71. The first-order valence-electron chi connectivity index (χ1n) is 6.15. The van der Waals surface area contributed by atoms with E-state index in [0.717, 1.165) is 23.4 Å². The van der Waals surface area contributed by atoms with Gasteiger partial charge in [-0.3, -0.25) is 0 Å². The molecule has 2 aromatic rings. The zero-order chi connectivity index (χ0) is 13.0. The maximum atomic E-state index is 6.08. The molecule has 0 saturated heterocycles. The largest absolute Gasteiger partial charge is 0.487 e. The Balaban J connectivity index is 2.12. The summed E-state index contributed by atoms with van der Waals surface area (Å²) in [4.78, 5) is 4.07. The van der Waals surface area contributed by atoms with Gasteiger partial charge >= 0.3 is 0 Å². The molecule has 0 bridgehead atoms. The highest BCUT2D eigenvalue weighted by molar-refractivity contribution is 5.35. The maximum Gasteiger partial charge on any atom is 0.130 e. The molecule has 0 spiro atoms. The lowest BCUT2D eigenvalue weighted by atomic mass is 10.0. The maximum absolute atomic E-state index is 6.08. The fourth-order valence-corrected chi connectivity index (χ4v) is 1.81. The topological polar surface area (TPSA) is 53.1 Å².